The molecular formula is C21H27ClN4O4. The van der Waals surface area contributed by atoms with E-state index < -0.39 is 0 Å². The van der Waals surface area contributed by atoms with Gasteiger partial charge in [0.1, 0.15) is 5.82 Å². The first-order chi connectivity index (χ1) is 14.5. The summed E-state index contributed by atoms with van der Waals surface area (Å²) in [5, 5.41) is 7.62. The largest absolute Gasteiger partial charge is 0.491 e. The van der Waals surface area contributed by atoms with Crippen molar-refractivity contribution in [2.45, 2.75) is 45.7 Å². The highest BCUT2D eigenvalue weighted by Gasteiger charge is 2.16. The van der Waals surface area contributed by atoms with Crippen molar-refractivity contribution < 1.29 is 14.3 Å². The van der Waals surface area contributed by atoms with Crippen molar-refractivity contribution in [3.05, 3.63) is 45.1 Å². The Bertz CT molecular complexity index is 980. The number of ether oxygens (including phenoxy) is 2. The minimum absolute atomic E-state index is 0.0580. The average Bonchev–Trinajstić information content (AvgIpc) is 3.06. The highest BCUT2D eigenvalue weighted by atomic mass is 35.5. The van der Waals surface area contributed by atoms with Crippen LogP contribution in [0.3, 0.4) is 0 Å². The Morgan fingerprint density at radius 3 is 2.93 bits per heavy atom. The highest BCUT2D eigenvalue weighted by molar-refractivity contribution is 6.32. The lowest BCUT2D eigenvalue weighted by Crippen LogP contribution is -2.28. The van der Waals surface area contributed by atoms with E-state index in [1.54, 1.807) is 22.8 Å². The lowest BCUT2D eigenvalue weighted by atomic mass is 10.2. The molecule has 2 heterocycles. The van der Waals surface area contributed by atoms with Crippen molar-refractivity contribution in [3.8, 4) is 11.5 Å². The van der Waals surface area contributed by atoms with Gasteiger partial charge >= 0.3 is 5.69 Å². The van der Waals surface area contributed by atoms with Crippen LogP contribution >= 0.6 is 11.6 Å². The second-order valence-corrected chi connectivity index (χ2v) is 7.38. The first kappa shape index (κ1) is 22.0. The number of aromatic nitrogens is 3. The molecular weight excluding hydrogens is 408 g/mol. The molecule has 0 aliphatic carbocycles. The molecule has 1 aromatic heterocycles. The first-order valence-corrected chi connectivity index (χ1v) is 10.5. The summed E-state index contributed by atoms with van der Waals surface area (Å²) in [4.78, 5) is 24.4. The molecule has 1 aliphatic heterocycles. The number of nitrogens with zero attached hydrogens (tertiary/aromatic N) is 3. The van der Waals surface area contributed by atoms with E-state index in [-0.39, 0.29) is 11.6 Å². The van der Waals surface area contributed by atoms with Crippen molar-refractivity contribution in [3.63, 3.8) is 0 Å². The number of methoxy groups -OCH3 is 1. The van der Waals surface area contributed by atoms with Crippen molar-refractivity contribution in [1.82, 2.24) is 19.7 Å². The lowest BCUT2D eigenvalue weighted by molar-refractivity contribution is -0.116. The Labute approximate surface area is 180 Å². The van der Waals surface area contributed by atoms with Gasteiger partial charge in [0.05, 0.1) is 18.7 Å². The van der Waals surface area contributed by atoms with E-state index >= 15 is 0 Å². The van der Waals surface area contributed by atoms with Crippen LogP contribution in [-0.2, 0) is 24.3 Å². The van der Waals surface area contributed by atoms with Crippen molar-refractivity contribution in [1.29, 1.82) is 0 Å². The van der Waals surface area contributed by atoms with E-state index in [0.29, 0.717) is 42.6 Å². The molecule has 0 bridgehead atoms. The van der Waals surface area contributed by atoms with Gasteiger partial charge in [0.25, 0.3) is 0 Å². The Hall–Kier alpha value is -2.74. The molecule has 8 nitrogen and oxygen atoms in total. The monoisotopic (exact) mass is 434 g/mol. The number of rotatable bonds is 9. The predicted octanol–water partition coefficient (Wildman–Crippen LogP) is 2.66. The van der Waals surface area contributed by atoms with Gasteiger partial charge in [-0.3, -0.25) is 9.36 Å². The Morgan fingerprint density at radius 2 is 2.20 bits per heavy atom. The smallest absolute Gasteiger partial charge is 0.345 e. The third-order valence-corrected chi connectivity index (χ3v) is 5.12. The molecule has 0 unspecified atom stereocenters. The normalized spacial score (nSPS) is 13.3. The van der Waals surface area contributed by atoms with Gasteiger partial charge in [0.15, 0.2) is 11.5 Å². The number of carbonyl (C=O) groups is 1. The van der Waals surface area contributed by atoms with E-state index in [0.717, 1.165) is 37.2 Å². The van der Waals surface area contributed by atoms with Crippen LogP contribution < -0.4 is 20.5 Å². The van der Waals surface area contributed by atoms with Crippen LogP contribution in [0.15, 0.2) is 23.0 Å². The zero-order chi connectivity index (χ0) is 21.5. The van der Waals surface area contributed by atoms with Gasteiger partial charge < -0.3 is 14.8 Å². The van der Waals surface area contributed by atoms with Gasteiger partial charge in [-0.2, -0.15) is 5.10 Å². The molecule has 2 aromatic rings. The summed E-state index contributed by atoms with van der Waals surface area (Å²) in [7, 11) is 1.53. The molecule has 162 valence electrons. The van der Waals surface area contributed by atoms with Gasteiger partial charge in [0, 0.05) is 32.1 Å². The van der Waals surface area contributed by atoms with Gasteiger partial charge in [0.2, 0.25) is 5.91 Å². The number of halogens is 1. The number of carbonyl (C=O) groups excluding carboxylic acids is 1. The Balaban J connectivity index is 1.51. The molecule has 1 N–H and O–H groups in total. The number of fused-ring (bicyclic) bond motifs is 1. The highest BCUT2D eigenvalue weighted by Crippen LogP contribution is 2.36. The number of amides is 1. The molecule has 0 fully saturated rings. The summed E-state index contributed by atoms with van der Waals surface area (Å²) >= 11 is 6.22. The maximum Gasteiger partial charge on any atom is 0.345 e. The molecule has 0 saturated heterocycles. The molecule has 1 aromatic carbocycles. The van der Waals surface area contributed by atoms with Crippen LogP contribution in [0.5, 0.6) is 11.5 Å². The maximum absolute atomic E-state index is 12.3. The van der Waals surface area contributed by atoms with Crippen LogP contribution in [0.25, 0.3) is 6.08 Å². The molecule has 0 spiro atoms. The quantitative estimate of drug-likeness (QED) is 0.484. The SMILES string of the molecule is CCOc1cc(C=CC(=O)NCCCn2nc3n(c2=O)CCCC3)cc(Cl)c1OC. The van der Waals surface area contributed by atoms with Crippen LogP contribution in [0, 0.1) is 0 Å². The minimum atomic E-state index is -0.226. The van der Waals surface area contributed by atoms with Crippen LogP contribution in [0.1, 0.15) is 37.6 Å². The number of aryl methyl sites for hydroxylation is 2. The molecule has 3 rings (SSSR count). The molecule has 0 saturated carbocycles. The fraction of sp³-hybridized carbons (Fsp3) is 0.476. The van der Waals surface area contributed by atoms with E-state index in [4.69, 9.17) is 21.1 Å². The predicted molar refractivity (Wildman–Crippen MR) is 115 cm³/mol. The number of hydrogen-bond donors (Lipinski definition) is 1. The van der Waals surface area contributed by atoms with Crippen LogP contribution in [-0.4, -0.2) is 40.5 Å². The van der Waals surface area contributed by atoms with E-state index in [1.807, 2.05) is 6.92 Å². The Kier molecular flexibility index (Phi) is 7.57. The zero-order valence-corrected chi connectivity index (χ0v) is 18.1. The molecule has 0 radical (unpaired) electrons. The van der Waals surface area contributed by atoms with Crippen molar-refractivity contribution in [2.24, 2.45) is 0 Å². The molecule has 1 amide bonds. The van der Waals surface area contributed by atoms with Gasteiger partial charge in [-0.15, -0.1) is 0 Å². The van der Waals surface area contributed by atoms with Gasteiger partial charge in [-0.1, -0.05) is 11.6 Å². The zero-order valence-electron chi connectivity index (χ0n) is 17.3. The molecule has 0 atom stereocenters. The summed E-state index contributed by atoms with van der Waals surface area (Å²) in [6.45, 7) is 4.02. The van der Waals surface area contributed by atoms with Gasteiger partial charge in [-0.25, -0.2) is 9.48 Å². The summed E-state index contributed by atoms with van der Waals surface area (Å²) < 4.78 is 14.0. The number of nitrogens with one attached hydrogen (secondary N) is 1. The summed E-state index contributed by atoms with van der Waals surface area (Å²) in [6, 6.07) is 3.48. The summed E-state index contributed by atoms with van der Waals surface area (Å²) in [6.07, 6.45) is 6.67. The van der Waals surface area contributed by atoms with E-state index in [1.165, 1.54) is 17.9 Å². The number of hydrogen-bond acceptors (Lipinski definition) is 5. The third kappa shape index (κ3) is 5.24. The lowest BCUT2D eigenvalue weighted by Gasteiger charge is -2.11. The third-order valence-electron chi connectivity index (χ3n) is 4.84. The maximum atomic E-state index is 12.3. The summed E-state index contributed by atoms with van der Waals surface area (Å²) in [5.74, 6) is 1.64. The minimum Gasteiger partial charge on any atom is -0.491 e. The molecule has 1 aliphatic rings. The first-order valence-electron chi connectivity index (χ1n) is 10.2. The second kappa shape index (κ2) is 10.3. The van der Waals surface area contributed by atoms with E-state index in [9.17, 15) is 9.59 Å². The van der Waals surface area contributed by atoms with Crippen LogP contribution in [0.4, 0.5) is 0 Å². The van der Waals surface area contributed by atoms with Crippen molar-refractivity contribution >= 4 is 23.6 Å². The fourth-order valence-corrected chi connectivity index (χ4v) is 3.71. The summed E-state index contributed by atoms with van der Waals surface area (Å²) in [5.41, 5.74) is 0.673. The van der Waals surface area contributed by atoms with Crippen LogP contribution in [0.2, 0.25) is 5.02 Å². The topological polar surface area (TPSA) is 87.4 Å². The van der Waals surface area contributed by atoms with E-state index in [2.05, 4.69) is 10.4 Å². The Morgan fingerprint density at radius 1 is 1.37 bits per heavy atom. The average molecular weight is 435 g/mol. The van der Waals surface area contributed by atoms with Gasteiger partial charge in [-0.05, 0) is 50.0 Å². The molecule has 9 heteroatoms. The fourth-order valence-electron chi connectivity index (χ4n) is 3.41. The second-order valence-electron chi connectivity index (χ2n) is 6.98. The molecule has 30 heavy (non-hydrogen) atoms. The standard InChI is InChI=1S/C21H27ClN4O4/c1-3-30-17-14-15(13-16(22)20(17)29-2)8-9-19(27)23-10-6-12-26-21(28)25-11-5-4-7-18(25)24-26/h8-9,13-14H,3-7,10-12H2,1-2H3,(H,23,27). The van der Waals surface area contributed by atoms with Crippen molar-refractivity contribution in [2.75, 3.05) is 20.3 Å². The number of benzene rings is 1.